The second kappa shape index (κ2) is 11.5. The number of nitrogens with zero attached hydrogens (tertiary/aromatic N) is 1. The maximum Gasteiger partial charge on any atom is 0.262 e. The first-order chi connectivity index (χ1) is 20.1. The largest absolute Gasteiger partial charge is 0.490 e. The molecule has 0 aromatic heterocycles. The molecule has 226 valence electrons. The first kappa shape index (κ1) is 29.6. The number of aliphatic hydroxyl groups excluding tert-OH is 1. The Morgan fingerprint density at radius 2 is 2.05 bits per heavy atom. The van der Waals surface area contributed by atoms with E-state index in [1.807, 2.05) is 32.0 Å². The number of anilines is 1. The number of aliphatic hydroxyl groups is 1. The van der Waals surface area contributed by atoms with Crippen molar-refractivity contribution in [2.45, 2.75) is 63.0 Å². The molecule has 2 heterocycles. The molecule has 8 heteroatoms. The average molecular weight is 611 g/mol. The highest BCUT2D eigenvalue weighted by Gasteiger charge is 2.44. The second-order valence-electron chi connectivity index (χ2n) is 13.1. The third-order valence-electron chi connectivity index (χ3n) is 10.5. The molecule has 2 aliphatic carbocycles. The number of halogens is 1. The van der Waals surface area contributed by atoms with E-state index in [0.29, 0.717) is 30.4 Å². The van der Waals surface area contributed by atoms with Crippen LogP contribution < -0.4 is 14.4 Å². The van der Waals surface area contributed by atoms with E-state index in [2.05, 4.69) is 39.8 Å². The van der Waals surface area contributed by atoms with Gasteiger partial charge in [0.25, 0.3) is 5.91 Å². The van der Waals surface area contributed by atoms with Crippen molar-refractivity contribution in [3.63, 3.8) is 0 Å². The van der Waals surface area contributed by atoms with Gasteiger partial charge >= 0.3 is 0 Å². The van der Waals surface area contributed by atoms with Gasteiger partial charge in [0.1, 0.15) is 5.75 Å². The standard InChI is InChI=1S/C34H43ClN2O4S/c1-22-6-4-7-27(19-38)29-12-9-26(29)18-37-20-34(15-5-8-24-16-28(35)11-13-30(24)34)21-41-32-14-10-25(17-31(32)37)33(39)36-42(3,40)23(22)2/h4,7,10-11,13-14,16-17,22-23,26-27,29,38H,3,5-6,8-9,12,15,18-21H2,1-2H3,(H,36,39,40)/b7-4+/t22-,23+,26-,27+,29+,34-,42?/m0/s1. The number of nitrogens with one attached hydrogen (secondary N) is 1. The number of amides is 1. The zero-order valence-corrected chi connectivity index (χ0v) is 26.3. The maximum absolute atomic E-state index is 13.6. The van der Waals surface area contributed by atoms with Crippen molar-refractivity contribution in [2.24, 2.45) is 23.7 Å². The fraction of sp³-hybridized carbons (Fsp3) is 0.529. The zero-order chi connectivity index (χ0) is 29.6. The van der Waals surface area contributed by atoms with E-state index in [0.717, 1.165) is 61.7 Å². The lowest BCUT2D eigenvalue weighted by molar-refractivity contribution is 0.0892. The lowest BCUT2D eigenvalue weighted by atomic mass is 9.66. The van der Waals surface area contributed by atoms with Gasteiger partial charge < -0.3 is 14.7 Å². The normalized spacial score (nSPS) is 35.6. The Hall–Kier alpha value is -2.48. The predicted molar refractivity (Wildman–Crippen MR) is 172 cm³/mol. The van der Waals surface area contributed by atoms with Gasteiger partial charge in [-0.05, 0) is 111 Å². The highest BCUT2D eigenvalue weighted by atomic mass is 35.5. The third-order valence-corrected chi connectivity index (χ3v) is 13.0. The average Bonchev–Trinajstić information content (AvgIpc) is 3.10. The summed E-state index contributed by atoms with van der Waals surface area (Å²) < 4.78 is 23.0. The minimum atomic E-state index is -2.90. The highest BCUT2D eigenvalue weighted by molar-refractivity contribution is 7.99. The summed E-state index contributed by atoms with van der Waals surface area (Å²) in [4.78, 5) is 15.9. The van der Waals surface area contributed by atoms with Gasteiger partial charge in [-0.15, -0.1) is 0 Å². The van der Waals surface area contributed by atoms with Crippen LogP contribution in [0, 0.1) is 23.7 Å². The second-order valence-corrected chi connectivity index (χ2v) is 16.0. The molecule has 1 fully saturated rings. The Morgan fingerprint density at radius 3 is 2.81 bits per heavy atom. The summed E-state index contributed by atoms with van der Waals surface area (Å²) in [7, 11) is -2.90. The minimum Gasteiger partial charge on any atom is -0.490 e. The summed E-state index contributed by atoms with van der Waals surface area (Å²) in [6.07, 6.45) is 10.3. The number of fused-ring (bicyclic) bond motifs is 4. The van der Waals surface area contributed by atoms with Gasteiger partial charge in [-0.25, -0.2) is 4.21 Å². The molecule has 6 nitrogen and oxygen atoms in total. The van der Waals surface area contributed by atoms with Gasteiger partial charge in [0, 0.05) is 46.9 Å². The van der Waals surface area contributed by atoms with Crippen molar-refractivity contribution >= 4 is 38.8 Å². The highest BCUT2D eigenvalue weighted by Crippen LogP contribution is 2.47. The summed E-state index contributed by atoms with van der Waals surface area (Å²) >= 11 is 6.41. The zero-order valence-electron chi connectivity index (χ0n) is 24.7. The first-order valence-corrected chi connectivity index (χ1v) is 17.5. The van der Waals surface area contributed by atoms with E-state index in [4.69, 9.17) is 16.3 Å². The van der Waals surface area contributed by atoms with Crippen LogP contribution in [0.5, 0.6) is 5.75 Å². The number of carbonyl (C=O) groups excluding carboxylic acids is 1. The molecule has 2 bridgehead atoms. The van der Waals surface area contributed by atoms with Gasteiger partial charge in [-0.2, -0.15) is 0 Å². The fourth-order valence-corrected chi connectivity index (χ4v) is 9.28. The van der Waals surface area contributed by atoms with Crippen molar-refractivity contribution in [1.29, 1.82) is 0 Å². The molecule has 42 heavy (non-hydrogen) atoms. The molecular formula is C34H43ClN2O4S. The lowest BCUT2D eigenvalue weighted by Gasteiger charge is -2.46. The van der Waals surface area contributed by atoms with E-state index in [9.17, 15) is 14.1 Å². The molecule has 4 aliphatic rings. The van der Waals surface area contributed by atoms with E-state index in [1.165, 1.54) is 11.1 Å². The smallest absolute Gasteiger partial charge is 0.262 e. The minimum absolute atomic E-state index is 0.0522. The number of hydrogen-bond acceptors (Lipinski definition) is 5. The van der Waals surface area contributed by atoms with Gasteiger partial charge in [-0.3, -0.25) is 9.52 Å². The fourth-order valence-electron chi connectivity index (χ4n) is 7.61. The van der Waals surface area contributed by atoms with Crippen molar-refractivity contribution in [3.8, 4) is 5.75 Å². The molecule has 0 radical (unpaired) electrons. The number of ether oxygens (including phenoxy) is 1. The van der Waals surface area contributed by atoms with Crippen LogP contribution in [0.4, 0.5) is 5.69 Å². The monoisotopic (exact) mass is 610 g/mol. The number of aryl methyl sites for hydroxylation is 1. The van der Waals surface area contributed by atoms with Crippen molar-refractivity contribution in [3.05, 3.63) is 70.3 Å². The van der Waals surface area contributed by atoms with Crippen LogP contribution in [0.2, 0.25) is 5.02 Å². The van der Waals surface area contributed by atoms with Gasteiger partial charge in [0.15, 0.2) is 0 Å². The van der Waals surface area contributed by atoms with Crippen LogP contribution in [0.15, 0.2) is 48.6 Å². The Morgan fingerprint density at radius 1 is 1.21 bits per heavy atom. The molecule has 6 rings (SSSR count). The molecule has 2 aliphatic heterocycles. The molecule has 2 N–H and O–H groups in total. The summed E-state index contributed by atoms with van der Waals surface area (Å²) in [5.74, 6) is 5.29. The third kappa shape index (κ3) is 5.48. The number of hydrogen-bond donors (Lipinski definition) is 2. The number of benzene rings is 2. The molecule has 7 atom stereocenters. The van der Waals surface area contributed by atoms with E-state index in [-0.39, 0.29) is 35.0 Å². The van der Waals surface area contributed by atoms with E-state index < -0.39 is 9.71 Å². The van der Waals surface area contributed by atoms with Gasteiger partial charge in [-0.1, -0.05) is 36.7 Å². The molecule has 0 saturated heterocycles. The SMILES string of the molecule is C=S1(=O)NC(=O)c2ccc3c(c2)N(C[C@@H]2CC[C@H]2[C@@H](CO)/C=C/C[C@H](C)[C@H]1C)C[C@@]1(CCCc2cc(Cl)ccc21)CO3. The molecule has 1 amide bonds. The molecule has 1 unspecified atom stereocenters. The predicted octanol–water partition coefficient (Wildman–Crippen LogP) is 5.79. The summed E-state index contributed by atoms with van der Waals surface area (Å²) in [6, 6.07) is 11.8. The van der Waals surface area contributed by atoms with Crippen LogP contribution in [0.1, 0.15) is 67.4 Å². The number of allylic oxidation sites excluding steroid dienone is 1. The van der Waals surface area contributed by atoms with E-state index >= 15 is 0 Å². The number of carbonyl (C=O) groups is 1. The van der Waals surface area contributed by atoms with Crippen LogP contribution >= 0.6 is 11.6 Å². The van der Waals surface area contributed by atoms with Crippen molar-refractivity contribution in [1.82, 2.24) is 4.72 Å². The number of rotatable bonds is 1. The lowest BCUT2D eigenvalue weighted by Crippen LogP contribution is -2.49. The Balaban J connectivity index is 1.43. The van der Waals surface area contributed by atoms with Crippen molar-refractivity contribution < 1.29 is 18.8 Å². The van der Waals surface area contributed by atoms with Gasteiger partial charge in [0.05, 0.1) is 22.0 Å². The molecule has 2 aromatic carbocycles. The molecule has 1 saturated carbocycles. The Labute approximate surface area is 255 Å². The summed E-state index contributed by atoms with van der Waals surface area (Å²) in [6.45, 7) is 6.19. The van der Waals surface area contributed by atoms with E-state index in [1.54, 1.807) is 6.07 Å². The van der Waals surface area contributed by atoms with Crippen LogP contribution in [-0.2, 0) is 21.5 Å². The maximum atomic E-state index is 13.6. The van der Waals surface area contributed by atoms with Gasteiger partial charge in [0.2, 0.25) is 0 Å². The topological polar surface area (TPSA) is 78.9 Å². The molecular weight excluding hydrogens is 568 g/mol. The molecule has 1 spiro atoms. The van der Waals surface area contributed by atoms with Crippen LogP contribution in [0.3, 0.4) is 0 Å². The quantitative estimate of drug-likeness (QED) is 0.316. The van der Waals surface area contributed by atoms with Crippen LogP contribution in [0.25, 0.3) is 0 Å². The first-order valence-electron chi connectivity index (χ1n) is 15.4. The summed E-state index contributed by atoms with van der Waals surface area (Å²) in [5.41, 5.74) is 3.74. The van der Waals surface area contributed by atoms with Crippen LogP contribution in [-0.4, -0.2) is 52.6 Å². The Bertz CT molecular complexity index is 1490. The molecule has 2 aromatic rings. The summed E-state index contributed by atoms with van der Waals surface area (Å²) in [5, 5.41) is 10.8. The van der Waals surface area contributed by atoms with Crippen molar-refractivity contribution in [2.75, 3.05) is 31.2 Å². The Kier molecular flexibility index (Phi) is 8.14.